The lowest BCUT2D eigenvalue weighted by atomic mass is 9.70. The van der Waals surface area contributed by atoms with Gasteiger partial charge in [-0.25, -0.2) is 9.59 Å². The van der Waals surface area contributed by atoms with Gasteiger partial charge in [0, 0.05) is 64.3 Å². The van der Waals surface area contributed by atoms with Gasteiger partial charge < -0.3 is 68.0 Å². The molecule has 98 heavy (non-hydrogen) atoms. The number of nitrogens with zero attached hydrogens (tertiary/aromatic N) is 6. The van der Waals surface area contributed by atoms with Gasteiger partial charge in [0.2, 0.25) is 17.7 Å². The number of aromatic hydroxyl groups is 1. The summed E-state index contributed by atoms with van der Waals surface area (Å²) >= 11 is 23.6. The number of carboxylic acids is 1. The molecule has 30 heteroatoms. The number of likely N-dealkylation sites (tertiary alicyclic amines) is 1. The first-order valence-corrected chi connectivity index (χ1v) is 36.0. The standard InChI is InChI=1S/C29H33ClN2O2.C16H16ClN3O4.C9H16ClN3O2.C9H5I2NO.C3H8O3.C2H4INO.H2O/c1-31(2)27(33)29(24-9-5-3-6-10-24,25-11-7-4-8-12-25)19-22-32-20-17-28(34,18-21-32)23-13-15-26(30)16-14-23;17-9-6-7-10-12(15(22)20(10)13(9)16(23)24)19-14(21)11(18)8-4-2-1-3-5-8;10-6-7-13(12-15)9(14)11-8-4-2-1-3-5-8;10-6-4-7(11)9(13)8-5(6)2-1-3-12-8;4-1-3(6)2-5;3-1-2(4)5;/h3-16,34H,17-22H2,1-2H3;1-5,10-12H,6-7,18H2,(H,19,21)(H,23,24);8H,1-7H2,(H,11,14);1-4,13H;3-6H,1-2H2;1H2,(H2,4,5);1H2/t;10-,11-,12+;;;;;/m.1...../s1. The summed E-state index contributed by atoms with van der Waals surface area (Å²) in [5.74, 6) is -1.89. The third kappa shape index (κ3) is 23.8. The Bertz CT molecular complexity index is 3520. The Labute approximate surface area is 625 Å². The normalized spacial score (nSPS) is 16.6. The van der Waals surface area contributed by atoms with Crippen LogP contribution in [0.2, 0.25) is 5.02 Å². The van der Waals surface area contributed by atoms with Crippen LogP contribution in [0.1, 0.15) is 92.5 Å². The second-order valence-corrected chi connectivity index (χ2v) is 27.5. The second kappa shape index (κ2) is 42.3. The number of allylic oxidation sites excluding steroid dienone is 1. The summed E-state index contributed by atoms with van der Waals surface area (Å²) in [7, 11) is 3.66. The lowest BCUT2D eigenvalue weighted by Crippen LogP contribution is -2.72. The highest BCUT2D eigenvalue weighted by Crippen LogP contribution is 2.41. The number of rotatable bonds is 18. The summed E-state index contributed by atoms with van der Waals surface area (Å²) in [5, 5.41) is 64.9. The molecule has 4 aliphatic rings. The molecule has 0 unspecified atom stereocenters. The number of fused-ring (bicyclic) bond motifs is 2. The first kappa shape index (κ1) is 84.5. The van der Waals surface area contributed by atoms with E-state index in [4.69, 9.17) is 55.9 Å². The molecule has 3 aliphatic heterocycles. The summed E-state index contributed by atoms with van der Waals surface area (Å²) in [6.45, 7) is 1.74. The summed E-state index contributed by atoms with van der Waals surface area (Å²) in [4.78, 5) is 90.4. The number of hydrogen-bond acceptors (Lipinski definition) is 16. The zero-order valence-electron chi connectivity index (χ0n) is 54.0. The van der Waals surface area contributed by atoms with E-state index in [-0.39, 0.29) is 65.4 Å². The number of β-lactam (4-membered cyclic amide) rings is 1. The van der Waals surface area contributed by atoms with Gasteiger partial charge in [-0.15, -0.1) is 16.5 Å². The van der Waals surface area contributed by atoms with Crippen molar-refractivity contribution in [1.82, 2.24) is 35.3 Å². The number of likely N-dealkylation sites (N-methyl/N-ethyl adjacent to an activating group) is 1. The number of nitrogens with one attached hydrogen (secondary N) is 2. The van der Waals surface area contributed by atoms with Crippen molar-refractivity contribution in [1.29, 1.82) is 0 Å². The second-order valence-electron chi connectivity index (χ2n) is 23.1. The van der Waals surface area contributed by atoms with Crippen LogP contribution >= 0.6 is 103 Å². The Hall–Kier alpha value is -5.95. The van der Waals surface area contributed by atoms with E-state index in [1.165, 1.54) is 6.42 Å². The molecule has 3 fully saturated rings. The number of aliphatic hydroxyl groups excluding tert-OH is 3. The third-order valence-electron chi connectivity index (χ3n) is 16.4. The molecule has 3 atom stereocenters. The molecular formula is C68H84Cl3I3N10O14. The molecule has 14 N–H and O–H groups in total. The van der Waals surface area contributed by atoms with Crippen molar-refractivity contribution in [3.8, 4) is 5.75 Å². The summed E-state index contributed by atoms with van der Waals surface area (Å²) < 4.78 is 2.37. The van der Waals surface area contributed by atoms with Crippen LogP contribution in [-0.4, -0.2) is 184 Å². The number of benzene rings is 5. The molecule has 0 spiro atoms. The van der Waals surface area contributed by atoms with Gasteiger partial charge >= 0.3 is 12.0 Å². The number of phenolic OH excluding ortho intramolecular Hbond substituents is 1. The van der Waals surface area contributed by atoms with Crippen LogP contribution in [0.5, 0.6) is 5.75 Å². The zero-order chi connectivity index (χ0) is 71.4. The first-order chi connectivity index (χ1) is 46.3. The van der Waals surface area contributed by atoms with Crippen molar-refractivity contribution < 1.29 is 64.9 Å². The minimum Gasteiger partial charge on any atom is -0.505 e. The van der Waals surface area contributed by atoms with Crippen molar-refractivity contribution in [3.63, 3.8) is 0 Å². The predicted octanol–water partition coefficient (Wildman–Crippen LogP) is 8.61. The fourth-order valence-electron chi connectivity index (χ4n) is 11.2. The molecule has 5 aromatic carbocycles. The molecule has 4 heterocycles. The van der Waals surface area contributed by atoms with Crippen molar-refractivity contribution in [3.05, 3.63) is 190 Å². The lowest BCUT2D eigenvalue weighted by molar-refractivity contribution is -0.156. The summed E-state index contributed by atoms with van der Waals surface area (Å²) in [5.41, 5.74) is 13.0. The average molecular weight is 1750 g/mol. The Balaban J connectivity index is 0.000000277. The van der Waals surface area contributed by atoms with Gasteiger partial charge in [-0.3, -0.25) is 29.1 Å². The number of piperidine rings is 1. The van der Waals surface area contributed by atoms with Crippen LogP contribution in [-0.2, 0) is 35.0 Å². The lowest BCUT2D eigenvalue weighted by Gasteiger charge is -2.49. The number of carbonyl (C=O) groups excluding carboxylic acids is 5. The highest BCUT2D eigenvalue weighted by Gasteiger charge is 2.53. The first-order valence-electron chi connectivity index (χ1n) is 31.0. The van der Waals surface area contributed by atoms with Gasteiger partial charge in [0.15, 0.2) is 5.75 Å². The van der Waals surface area contributed by atoms with Crippen LogP contribution in [0, 0.1) is 12.0 Å². The van der Waals surface area contributed by atoms with Crippen LogP contribution < -0.4 is 22.1 Å². The molecule has 10 rings (SSSR count). The number of urea groups is 1. The smallest absolute Gasteiger partial charge is 0.353 e. The van der Waals surface area contributed by atoms with Gasteiger partial charge in [0.25, 0.3) is 5.91 Å². The number of primary amides is 1. The molecule has 1 saturated carbocycles. The van der Waals surface area contributed by atoms with Crippen molar-refractivity contribution >= 4 is 149 Å². The monoisotopic (exact) mass is 1750 g/mol. The Kier molecular flexibility index (Phi) is 36.5. The molecule has 2 saturated heterocycles. The number of carbonyl (C=O) groups is 6. The largest absolute Gasteiger partial charge is 0.505 e. The highest BCUT2D eigenvalue weighted by molar-refractivity contribution is 14.1. The topological polar surface area (TPSA) is 387 Å². The molecule has 1 aliphatic carbocycles. The fraction of sp³-hybridized carbons (Fsp3) is 0.397. The van der Waals surface area contributed by atoms with E-state index in [0.29, 0.717) is 52.6 Å². The minimum atomic E-state index is -1.25. The van der Waals surface area contributed by atoms with E-state index < -0.39 is 59.1 Å². The number of hydrogen-bond donors (Lipinski definition) is 10. The van der Waals surface area contributed by atoms with E-state index in [9.17, 15) is 49.0 Å². The quantitative estimate of drug-likeness (QED) is 0.0126. The number of aliphatic carboxylic acids is 1. The van der Waals surface area contributed by atoms with Crippen molar-refractivity contribution in [2.24, 2.45) is 16.8 Å². The van der Waals surface area contributed by atoms with E-state index in [0.717, 1.165) is 84.4 Å². The molecule has 1 aromatic heterocycles. The van der Waals surface area contributed by atoms with E-state index in [2.05, 4.69) is 101 Å². The maximum atomic E-state index is 13.8. The van der Waals surface area contributed by atoms with Crippen LogP contribution in [0.15, 0.2) is 156 Å². The number of aliphatic hydroxyl groups is 4. The molecule has 6 aromatic rings. The van der Waals surface area contributed by atoms with Crippen molar-refractivity contribution in [2.45, 2.75) is 105 Å². The number of nitrogens with two attached hydrogens (primary N) is 2. The van der Waals surface area contributed by atoms with E-state index >= 15 is 0 Å². The average Bonchev–Trinajstić information content (AvgIpc) is 0.749. The summed E-state index contributed by atoms with van der Waals surface area (Å²) in [6, 6.07) is 40.0. The van der Waals surface area contributed by atoms with Gasteiger partial charge in [-0.2, -0.15) is 5.01 Å². The van der Waals surface area contributed by atoms with E-state index in [1.807, 2.05) is 122 Å². The number of alkyl halides is 2. The molecule has 24 nitrogen and oxygen atoms in total. The van der Waals surface area contributed by atoms with Gasteiger partial charge in [0.05, 0.1) is 44.7 Å². The number of phenols is 1. The molecular weight excluding hydrogens is 1670 g/mol. The van der Waals surface area contributed by atoms with Gasteiger partial charge in [-0.1, -0.05) is 174 Å². The molecule has 0 bridgehead atoms. The van der Waals surface area contributed by atoms with Gasteiger partial charge in [-0.05, 0) is 143 Å². The molecule has 6 amide bonds. The fourth-order valence-corrected chi connectivity index (χ4v) is 13.7. The van der Waals surface area contributed by atoms with Crippen molar-refractivity contribution in [2.75, 3.05) is 63.8 Å². The van der Waals surface area contributed by atoms with Crippen LogP contribution in [0.25, 0.3) is 10.9 Å². The Morgan fingerprint density at radius 1 is 0.827 bits per heavy atom. The number of amides is 6. The molecule has 532 valence electrons. The van der Waals surface area contributed by atoms with Gasteiger partial charge in [0.1, 0.15) is 34.8 Å². The SMILES string of the molecule is CN(C)C(=O)C(CCN1CCC(O)(c2ccc(Cl)cc2)CC1)(c1ccccc1)c1ccccc1.NC(=O)CI.N[C@@H](C(=O)N[C@@H]1C(=O)N2C(C(=O)O)=C(Cl)CC[C@H]12)c1ccccc1.O.O=NN(CCCl)C(=O)NC1CCCCC1.OCC(O)CO.Oc1c(I)cc(I)c2cccnc12. The summed E-state index contributed by atoms with van der Waals surface area (Å²) in [6.07, 6.45) is 9.02. The highest BCUT2D eigenvalue weighted by atomic mass is 127. The number of pyridine rings is 1. The number of carboxylic acid groups (broad SMARTS) is 1. The maximum absolute atomic E-state index is 13.8. The van der Waals surface area contributed by atoms with Crippen LogP contribution in [0.4, 0.5) is 4.79 Å². The van der Waals surface area contributed by atoms with Crippen LogP contribution in [0.3, 0.4) is 0 Å². The molecule has 0 radical (unpaired) electrons. The number of nitroso groups, excluding NO2 is 1. The Morgan fingerprint density at radius 2 is 1.38 bits per heavy atom. The maximum Gasteiger partial charge on any atom is 0.353 e. The number of aromatic nitrogens is 1. The zero-order valence-corrected chi connectivity index (χ0v) is 62.8. The van der Waals surface area contributed by atoms with E-state index in [1.54, 1.807) is 35.4 Å². The Morgan fingerprint density at radius 3 is 1.87 bits per heavy atom. The third-order valence-corrected chi connectivity index (χ3v) is 19.6. The predicted molar refractivity (Wildman–Crippen MR) is 403 cm³/mol. The number of halogens is 6. The minimum absolute atomic E-state index is 0.